The molecule has 6 heteroatoms. The van der Waals surface area contributed by atoms with Crippen LogP contribution in [0.4, 0.5) is 0 Å². The number of nitrogens with one attached hydrogen (secondary N) is 1. The van der Waals surface area contributed by atoms with Crippen LogP contribution in [-0.2, 0) is 16.0 Å². The molecule has 0 spiro atoms. The van der Waals surface area contributed by atoms with Gasteiger partial charge in [-0.2, -0.15) is 5.10 Å². The molecule has 0 atom stereocenters. The standard InChI is InChI=1S/C16H26N4O2/c1-12-14(13(2)18-17-12)8-10-19(3)16(22)11-20-9-6-4-5-7-15(20)21/h4-11H2,1-3H3,(H,17,18). The summed E-state index contributed by atoms with van der Waals surface area (Å²) in [4.78, 5) is 27.7. The first-order chi connectivity index (χ1) is 10.5. The van der Waals surface area contributed by atoms with Crippen molar-refractivity contribution in [2.45, 2.75) is 46.0 Å². The van der Waals surface area contributed by atoms with Gasteiger partial charge in [0.1, 0.15) is 0 Å². The SMILES string of the molecule is Cc1n[nH]c(C)c1CCN(C)C(=O)CN1CCCCCC1=O. The van der Waals surface area contributed by atoms with Crippen molar-refractivity contribution in [3.63, 3.8) is 0 Å². The lowest BCUT2D eigenvalue weighted by Crippen LogP contribution is -2.41. The topological polar surface area (TPSA) is 69.3 Å². The second-order valence-corrected chi connectivity index (χ2v) is 6.10. The van der Waals surface area contributed by atoms with Crippen LogP contribution in [0.1, 0.15) is 42.6 Å². The first-order valence-electron chi connectivity index (χ1n) is 8.01. The van der Waals surface area contributed by atoms with Gasteiger partial charge in [-0.3, -0.25) is 14.7 Å². The van der Waals surface area contributed by atoms with Crippen LogP contribution in [-0.4, -0.2) is 58.5 Å². The summed E-state index contributed by atoms with van der Waals surface area (Å²) >= 11 is 0. The predicted octanol–water partition coefficient (Wildman–Crippen LogP) is 1.43. The summed E-state index contributed by atoms with van der Waals surface area (Å²) < 4.78 is 0. The Morgan fingerprint density at radius 1 is 1.32 bits per heavy atom. The highest BCUT2D eigenvalue weighted by atomic mass is 16.2. The van der Waals surface area contributed by atoms with E-state index in [9.17, 15) is 9.59 Å². The van der Waals surface area contributed by atoms with Crippen molar-refractivity contribution in [2.24, 2.45) is 0 Å². The summed E-state index contributed by atoms with van der Waals surface area (Å²) in [5.41, 5.74) is 3.22. The first kappa shape index (κ1) is 16.5. The van der Waals surface area contributed by atoms with Gasteiger partial charge in [0.2, 0.25) is 11.8 Å². The van der Waals surface area contributed by atoms with E-state index in [-0.39, 0.29) is 18.4 Å². The van der Waals surface area contributed by atoms with Gasteiger partial charge in [0.25, 0.3) is 0 Å². The Balaban J connectivity index is 1.85. The Labute approximate surface area is 131 Å². The largest absolute Gasteiger partial charge is 0.344 e. The summed E-state index contributed by atoms with van der Waals surface area (Å²) in [6, 6.07) is 0. The molecule has 2 amide bonds. The van der Waals surface area contributed by atoms with E-state index in [2.05, 4.69) is 10.2 Å². The minimum absolute atomic E-state index is 0.00838. The highest BCUT2D eigenvalue weighted by Gasteiger charge is 2.21. The van der Waals surface area contributed by atoms with Gasteiger partial charge in [-0.15, -0.1) is 0 Å². The zero-order valence-electron chi connectivity index (χ0n) is 13.8. The molecule has 2 rings (SSSR count). The average Bonchev–Trinajstić information content (AvgIpc) is 2.68. The third kappa shape index (κ3) is 4.08. The lowest BCUT2D eigenvalue weighted by atomic mass is 10.1. The number of aromatic nitrogens is 2. The van der Waals surface area contributed by atoms with Gasteiger partial charge < -0.3 is 9.80 Å². The number of carbonyl (C=O) groups is 2. The van der Waals surface area contributed by atoms with Crippen LogP contribution in [0.25, 0.3) is 0 Å². The van der Waals surface area contributed by atoms with Crippen LogP contribution in [0, 0.1) is 13.8 Å². The van der Waals surface area contributed by atoms with E-state index in [1.807, 2.05) is 13.8 Å². The minimum Gasteiger partial charge on any atom is -0.344 e. The lowest BCUT2D eigenvalue weighted by molar-refractivity contribution is -0.139. The van der Waals surface area contributed by atoms with Crippen LogP contribution >= 0.6 is 0 Å². The molecule has 122 valence electrons. The fourth-order valence-electron chi connectivity index (χ4n) is 2.84. The second-order valence-electron chi connectivity index (χ2n) is 6.10. The number of likely N-dealkylation sites (tertiary alicyclic amines) is 1. The molecule has 1 aliphatic rings. The summed E-state index contributed by atoms with van der Waals surface area (Å²) in [7, 11) is 1.80. The number of carbonyl (C=O) groups excluding carboxylic acids is 2. The molecule has 1 saturated heterocycles. The Kier molecular flexibility index (Phi) is 5.57. The maximum Gasteiger partial charge on any atom is 0.241 e. The zero-order valence-corrected chi connectivity index (χ0v) is 13.8. The van der Waals surface area contributed by atoms with E-state index in [0.717, 1.165) is 37.1 Å². The molecule has 0 radical (unpaired) electrons. The highest BCUT2D eigenvalue weighted by Crippen LogP contribution is 2.12. The van der Waals surface area contributed by atoms with Gasteiger partial charge in [-0.05, 0) is 38.7 Å². The number of hydrogen-bond donors (Lipinski definition) is 1. The van der Waals surface area contributed by atoms with Gasteiger partial charge in [0.15, 0.2) is 0 Å². The maximum atomic E-state index is 12.3. The molecule has 2 heterocycles. The molecule has 1 aliphatic heterocycles. The average molecular weight is 306 g/mol. The highest BCUT2D eigenvalue weighted by molar-refractivity contribution is 5.84. The molecular formula is C16H26N4O2. The monoisotopic (exact) mass is 306 g/mol. The molecule has 1 fully saturated rings. The van der Waals surface area contributed by atoms with E-state index in [0.29, 0.717) is 19.5 Å². The van der Waals surface area contributed by atoms with Crippen LogP contribution in [0.15, 0.2) is 0 Å². The van der Waals surface area contributed by atoms with Gasteiger partial charge in [0, 0.05) is 32.3 Å². The van der Waals surface area contributed by atoms with Crippen molar-refractivity contribution in [3.8, 4) is 0 Å². The molecule has 6 nitrogen and oxygen atoms in total. The summed E-state index contributed by atoms with van der Waals surface area (Å²) in [6.45, 7) is 5.52. The van der Waals surface area contributed by atoms with Crippen molar-refractivity contribution < 1.29 is 9.59 Å². The Morgan fingerprint density at radius 3 is 2.77 bits per heavy atom. The van der Waals surface area contributed by atoms with Gasteiger partial charge in [-0.25, -0.2) is 0 Å². The smallest absolute Gasteiger partial charge is 0.241 e. The molecule has 22 heavy (non-hydrogen) atoms. The van der Waals surface area contributed by atoms with Crippen LogP contribution < -0.4 is 0 Å². The number of hydrogen-bond acceptors (Lipinski definition) is 3. The molecule has 0 aromatic carbocycles. The Morgan fingerprint density at radius 2 is 2.09 bits per heavy atom. The van der Waals surface area contributed by atoms with Crippen molar-refractivity contribution >= 4 is 11.8 Å². The second kappa shape index (κ2) is 7.42. The van der Waals surface area contributed by atoms with Crippen LogP contribution in [0.5, 0.6) is 0 Å². The van der Waals surface area contributed by atoms with E-state index >= 15 is 0 Å². The third-order valence-electron chi connectivity index (χ3n) is 4.40. The minimum atomic E-state index is 0.00838. The van der Waals surface area contributed by atoms with E-state index in [1.165, 1.54) is 5.56 Å². The molecule has 1 N–H and O–H groups in total. The van der Waals surface area contributed by atoms with E-state index < -0.39 is 0 Å². The molecule has 0 aliphatic carbocycles. The summed E-state index contributed by atoms with van der Waals surface area (Å²) in [6.07, 6.45) is 4.37. The Hall–Kier alpha value is -1.85. The maximum absolute atomic E-state index is 12.3. The third-order valence-corrected chi connectivity index (χ3v) is 4.40. The quantitative estimate of drug-likeness (QED) is 0.894. The normalized spacial score (nSPS) is 15.8. The number of aryl methyl sites for hydroxylation is 2. The molecule has 1 aromatic rings. The zero-order chi connectivity index (χ0) is 16.1. The lowest BCUT2D eigenvalue weighted by Gasteiger charge is -2.24. The molecule has 0 unspecified atom stereocenters. The van der Waals surface area contributed by atoms with Crippen molar-refractivity contribution in [1.82, 2.24) is 20.0 Å². The number of likely N-dealkylation sites (N-methyl/N-ethyl adjacent to an activating group) is 1. The summed E-state index contributed by atoms with van der Waals surface area (Å²) in [5.74, 6) is 0.120. The van der Waals surface area contributed by atoms with Gasteiger partial charge in [0.05, 0.1) is 12.2 Å². The van der Waals surface area contributed by atoms with Gasteiger partial charge in [-0.1, -0.05) is 6.42 Å². The summed E-state index contributed by atoms with van der Waals surface area (Å²) in [5, 5.41) is 7.13. The fourth-order valence-corrected chi connectivity index (χ4v) is 2.84. The molecule has 0 saturated carbocycles. The van der Waals surface area contributed by atoms with Crippen LogP contribution in [0.2, 0.25) is 0 Å². The van der Waals surface area contributed by atoms with E-state index in [4.69, 9.17) is 0 Å². The predicted molar refractivity (Wildman–Crippen MR) is 84.5 cm³/mol. The fraction of sp³-hybridized carbons (Fsp3) is 0.688. The number of aromatic amines is 1. The number of nitrogens with zero attached hydrogens (tertiary/aromatic N) is 3. The number of amides is 2. The van der Waals surface area contributed by atoms with Crippen molar-refractivity contribution in [1.29, 1.82) is 0 Å². The Bertz CT molecular complexity index is 519. The number of H-pyrrole nitrogens is 1. The molecule has 0 bridgehead atoms. The van der Waals surface area contributed by atoms with Gasteiger partial charge >= 0.3 is 0 Å². The van der Waals surface area contributed by atoms with Crippen molar-refractivity contribution in [3.05, 3.63) is 17.0 Å². The molecular weight excluding hydrogens is 280 g/mol. The van der Waals surface area contributed by atoms with Crippen LogP contribution in [0.3, 0.4) is 0 Å². The van der Waals surface area contributed by atoms with E-state index in [1.54, 1.807) is 16.8 Å². The van der Waals surface area contributed by atoms with Crippen molar-refractivity contribution in [2.75, 3.05) is 26.7 Å². The molecule has 1 aromatic heterocycles. The number of rotatable bonds is 5. The first-order valence-corrected chi connectivity index (χ1v) is 8.01.